The molecule has 0 aromatic heterocycles. The average Bonchev–Trinajstić information content (AvgIpc) is 2.83. The van der Waals surface area contributed by atoms with Gasteiger partial charge in [-0.25, -0.2) is 4.79 Å². The Bertz CT molecular complexity index is 298. The van der Waals surface area contributed by atoms with Crippen LogP contribution in [0.1, 0.15) is 40.0 Å². The lowest BCUT2D eigenvalue weighted by atomic mass is 10.1. The fourth-order valence-electron chi connectivity index (χ4n) is 2.74. The predicted molar refractivity (Wildman–Crippen MR) is 64.6 cm³/mol. The molecule has 2 aliphatic rings. The number of ether oxygens (including phenoxy) is 1. The third-order valence-corrected chi connectivity index (χ3v) is 3.63. The first-order chi connectivity index (χ1) is 7.92. The maximum absolute atomic E-state index is 12.0. The molecule has 0 spiro atoms. The molecular formula is C13H23NO3. The van der Waals surface area contributed by atoms with E-state index < -0.39 is 5.60 Å². The number of hydrogen-bond donors (Lipinski definition) is 1. The van der Waals surface area contributed by atoms with Gasteiger partial charge in [-0.2, -0.15) is 0 Å². The molecule has 0 aromatic carbocycles. The summed E-state index contributed by atoms with van der Waals surface area (Å²) in [5.41, 5.74) is -0.426. The molecule has 0 radical (unpaired) electrons. The molecule has 98 valence electrons. The van der Waals surface area contributed by atoms with Crippen molar-refractivity contribution in [2.75, 3.05) is 13.2 Å². The Morgan fingerprint density at radius 1 is 1.47 bits per heavy atom. The molecule has 1 amide bonds. The Kier molecular flexibility index (Phi) is 3.34. The number of rotatable bonds is 2. The Morgan fingerprint density at radius 3 is 2.71 bits per heavy atom. The Morgan fingerprint density at radius 2 is 2.18 bits per heavy atom. The highest BCUT2D eigenvalue weighted by Gasteiger charge is 2.48. The first-order valence-electron chi connectivity index (χ1n) is 6.53. The topological polar surface area (TPSA) is 49.8 Å². The molecule has 2 fully saturated rings. The molecule has 2 rings (SSSR count). The van der Waals surface area contributed by atoms with Gasteiger partial charge in [0.05, 0.1) is 0 Å². The maximum Gasteiger partial charge on any atom is 0.410 e. The fourth-order valence-corrected chi connectivity index (χ4v) is 2.74. The van der Waals surface area contributed by atoms with Crippen LogP contribution >= 0.6 is 0 Å². The van der Waals surface area contributed by atoms with Gasteiger partial charge in [0.1, 0.15) is 5.60 Å². The molecule has 4 heteroatoms. The van der Waals surface area contributed by atoms with Crippen molar-refractivity contribution in [3.05, 3.63) is 0 Å². The average molecular weight is 241 g/mol. The number of amides is 1. The molecule has 3 unspecified atom stereocenters. The number of likely N-dealkylation sites (tertiary alicyclic amines) is 1. The predicted octanol–water partition coefficient (Wildman–Crippen LogP) is 2.01. The Balaban J connectivity index is 1.93. The number of aliphatic hydroxyl groups is 1. The van der Waals surface area contributed by atoms with Gasteiger partial charge >= 0.3 is 6.09 Å². The van der Waals surface area contributed by atoms with E-state index >= 15 is 0 Å². The van der Waals surface area contributed by atoms with E-state index in [1.807, 2.05) is 25.7 Å². The van der Waals surface area contributed by atoms with Gasteiger partial charge in [-0.15, -0.1) is 0 Å². The molecule has 3 atom stereocenters. The highest BCUT2D eigenvalue weighted by molar-refractivity contribution is 5.69. The molecule has 0 aromatic rings. The quantitative estimate of drug-likeness (QED) is 0.804. The van der Waals surface area contributed by atoms with E-state index in [4.69, 9.17) is 9.84 Å². The van der Waals surface area contributed by atoms with Crippen molar-refractivity contribution in [1.82, 2.24) is 4.90 Å². The molecule has 0 bridgehead atoms. The summed E-state index contributed by atoms with van der Waals surface area (Å²) in [5, 5.41) is 9.11. The molecule has 1 saturated carbocycles. The monoisotopic (exact) mass is 241 g/mol. The van der Waals surface area contributed by atoms with E-state index in [9.17, 15) is 4.79 Å². The molecule has 4 nitrogen and oxygen atoms in total. The van der Waals surface area contributed by atoms with Gasteiger partial charge in [0.25, 0.3) is 0 Å². The van der Waals surface area contributed by atoms with Gasteiger partial charge in [0, 0.05) is 19.2 Å². The third-order valence-electron chi connectivity index (χ3n) is 3.63. The van der Waals surface area contributed by atoms with Crippen LogP contribution in [0.15, 0.2) is 0 Å². The zero-order valence-electron chi connectivity index (χ0n) is 11.0. The van der Waals surface area contributed by atoms with Crippen molar-refractivity contribution in [3.8, 4) is 0 Å². The third kappa shape index (κ3) is 2.92. The molecule has 1 aliphatic carbocycles. The Labute approximate surface area is 103 Å². The first kappa shape index (κ1) is 12.7. The fraction of sp³-hybridized carbons (Fsp3) is 0.923. The number of hydrogen-bond acceptors (Lipinski definition) is 3. The molecule has 1 aliphatic heterocycles. The van der Waals surface area contributed by atoms with Crippen LogP contribution in [0.3, 0.4) is 0 Å². The van der Waals surface area contributed by atoms with Crippen LogP contribution in [0.25, 0.3) is 0 Å². The van der Waals surface area contributed by atoms with Crippen molar-refractivity contribution >= 4 is 6.09 Å². The van der Waals surface area contributed by atoms with Crippen LogP contribution < -0.4 is 0 Å². The van der Waals surface area contributed by atoms with E-state index in [0.717, 1.165) is 25.8 Å². The van der Waals surface area contributed by atoms with Crippen LogP contribution in [0, 0.1) is 11.8 Å². The van der Waals surface area contributed by atoms with Gasteiger partial charge in [-0.3, -0.25) is 0 Å². The summed E-state index contributed by atoms with van der Waals surface area (Å²) in [4.78, 5) is 13.9. The van der Waals surface area contributed by atoms with Gasteiger partial charge in [0.2, 0.25) is 0 Å². The second kappa shape index (κ2) is 4.48. The largest absolute Gasteiger partial charge is 0.444 e. The standard InChI is InChI=1S/C13H23NO3/c1-13(2,3)17-12(16)14-6-4-5-11(14)10-7-9(10)8-15/h9-11,15H,4-8H2,1-3H3. The van der Waals surface area contributed by atoms with E-state index in [2.05, 4.69) is 0 Å². The van der Waals surface area contributed by atoms with E-state index in [-0.39, 0.29) is 12.7 Å². The normalized spacial score (nSPS) is 32.7. The van der Waals surface area contributed by atoms with E-state index in [1.165, 1.54) is 0 Å². The van der Waals surface area contributed by atoms with Crippen molar-refractivity contribution in [1.29, 1.82) is 0 Å². The van der Waals surface area contributed by atoms with E-state index in [0.29, 0.717) is 17.9 Å². The zero-order chi connectivity index (χ0) is 12.6. The van der Waals surface area contributed by atoms with Gasteiger partial charge in [0.15, 0.2) is 0 Å². The minimum Gasteiger partial charge on any atom is -0.444 e. The first-order valence-corrected chi connectivity index (χ1v) is 6.53. The summed E-state index contributed by atoms with van der Waals surface area (Å²) in [5.74, 6) is 0.901. The summed E-state index contributed by atoms with van der Waals surface area (Å²) >= 11 is 0. The molecule has 1 N–H and O–H groups in total. The maximum atomic E-state index is 12.0. The lowest BCUT2D eigenvalue weighted by Crippen LogP contribution is -2.41. The summed E-state index contributed by atoms with van der Waals surface area (Å²) in [6.45, 7) is 6.73. The van der Waals surface area contributed by atoms with Gasteiger partial charge in [-0.1, -0.05) is 0 Å². The lowest BCUT2D eigenvalue weighted by Gasteiger charge is -2.28. The van der Waals surface area contributed by atoms with Crippen molar-refractivity contribution in [2.45, 2.75) is 51.7 Å². The number of carbonyl (C=O) groups is 1. The van der Waals surface area contributed by atoms with Crippen LogP contribution in [-0.2, 0) is 4.74 Å². The van der Waals surface area contributed by atoms with Crippen molar-refractivity contribution in [2.24, 2.45) is 11.8 Å². The second-order valence-corrected chi connectivity index (χ2v) is 6.23. The SMILES string of the molecule is CC(C)(C)OC(=O)N1CCCC1C1CC1CO. The summed E-state index contributed by atoms with van der Waals surface area (Å²) < 4.78 is 5.42. The molecule has 1 heterocycles. The second-order valence-electron chi connectivity index (χ2n) is 6.23. The van der Waals surface area contributed by atoms with Crippen molar-refractivity contribution < 1.29 is 14.6 Å². The van der Waals surface area contributed by atoms with Crippen LogP contribution in [-0.4, -0.2) is 40.9 Å². The summed E-state index contributed by atoms with van der Waals surface area (Å²) in [6.07, 6.45) is 2.97. The zero-order valence-corrected chi connectivity index (χ0v) is 11.0. The van der Waals surface area contributed by atoms with Gasteiger partial charge < -0.3 is 14.7 Å². The van der Waals surface area contributed by atoms with Gasteiger partial charge in [-0.05, 0) is 51.9 Å². The molecule has 1 saturated heterocycles. The van der Waals surface area contributed by atoms with Crippen LogP contribution in [0.5, 0.6) is 0 Å². The highest BCUT2D eigenvalue weighted by atomic mass is 16.6. The number of aliphatic hydroxyl groups excluding tert-OH is 1. The highest BCUT2D eigenvalue weighted by Crippen LogP contribution is 2.46. The lowest BCUT2D eigenvalue weighted by molar-refractivity contribution is 0.0202. The molecular weight excluding hydrogens is 218 g/mol. The number of nitrogens with zero attached hydrogens (tertiary/aromatic N) is 1. The van der Waals surface area contributed by atoms with Crippen LogP contribution in [0.2, 0.25) is 0 Å². The van der Waals surface area contributed by atoms with E-state index in [1.54, 1.807) is 0 Å². The number of carbonyl (C=O) groups excluding carboxylic acids is 1. The van der Waals surface area contributed by atoms with Crippen molar-refractivity contribution in [3.63, 3.8) is 0 Å². The summed E-state index contributed by atoms with van der Waals surface area (Å²) in [7, 11) is 0. The summed E-state index contributed by atoms with van der Waals surface area (Å²) in [6, 6.07) is 0.294. The minimum atomic E-state index is -0.426. The Hall–Kier alpha value is -0.770. The van der Waals surface area contributed by atoms with Crippen LogP contribution in [0.4, 0.5) is 4.79 Å². The minimum absolute atomic E-state index is 0.191. The smallest absolute Gasteiger partial charge is 0.410 e. The molecule has 17 heavy (non-hydrogen) atoms.